The molecule has 0 unspecified atom stereocenters. The zero-order valence-corrected chi connectivity index (χ0v) is 12.5. The Kier molecular flexibility index (Phi) is 4.23. The lowest BCUT2D eigenvalue weighted by Crippen LogP contribution is -2.34. The summed E-state index contributed by atoms with van der Waals surface area (Å²) in [7, 11) is 0. The van der Waals surface area contributed by atoms with Gasteiger partial charge in [0.15, 0.2) is 0 Å². The quantitative estimate of drug-likeness (QED) is 0.947. The Morgan fingerprint density at radius 1 is 1.27 bits per heavy atom. The van der Waals surface area contributed by atoms with Crippen molar-refractivity contribution in [3.63, 3.8) is 0 Å². The van der Waals surface area contributed by atoms with E-state index in [-0.39, 0.29) is 12.1 Å². The van der Waals surface area contributed by atoms with E-state index >= 15 is 0 Å². The maximum atomic E-state index is 12.3. The summed E-state index contributed by atoms with van der Waals surface area (Å²) in [5, 5.41) is 2.96. The first-order valence-electron chi connectivity index (χ1n) is 7.40. The second-order valence-electron chi connectivity index (χ2n) is 5.40. The van der Waals surface area contributed by atoms with Crippen molar-refractivity contribution in [2.75, 3.05) is 18.4 Å². The fourth-order valence-corrected chi connectivity index (χ4v) is 2.53. The van der Waals surface area contributed by atoms with E-state index < -0.39 is 0 Å². The number of aromatic nitrogens is 1. The number of anilines is 1. The van der Waals surface area contributed by atoms with Crippen molar-refractivity contribution >= 4 is 11.7 Å². The third-order valence-corrected chi connectivity index (χ3v) is 3.77. The molecule has 1 aromatic carbocycles. The van der Waals surface area contributed by atoms with Gasteiger partial charge in [-0.25, -0.2) is 4.79 Å². The predicted molar refractivity (Wildman–Crippen MR) is 85.0 cm³/mol. The molecule has 1 aliphatic rings. The highest BCUT2D eigenvalue weighted by atomic mass is 16.5. The zero-order chi connectivity index (χ0) is 15.4. The molecule has 0 saturated carbocycles. The van der Waals surface area contributed by atoms with E-state index in [9.17, 15) is 4.79 Å². The first kappa shape index (κ1) is 14.4. The monoisotopic (exact) mass is 297 g/mol. The molecule has 1 N–H and O–H groups in total. The van der Waals surface area contributed by atoms with E-state index in [4.69, 9.17) is 4.74 Å². The first-order chi connectivity index (χ1) is 10.7. The molecule has 0 bridgehead atoms. The molecule has 1 atom stereocenters. The number of likely N-dealkylation sites (tertiary alicyclic amines) is 1. The van der Waals surface area contributed by atoms with E-state index in [0.29, 0.717) is 13.1 Å². The second-order valence-corrected chi connectivity index (χ2v) is 5.40. The molecule has 0 radical (unpaired) electrons. The van der Waals surface area contributed by atoms with E-state index in [0.717, 1.165) is 23.4 Å². The van der Waals surface area contributed by atoms with Gasteiger partial charge < -0.3 is 15.0 Å². The number of aryl methyl sites for hydroxylation is 1. The lowest BCUT2D eigenvalue weighted by atomic mass is 10.2. The molecule has 1 fully saturated rings. The number of urea groups is 1. The summed E-state index contributed by atoms with van der Waals surface area (Å²) in [6, 6.07) is 11.4. The second kappa shape index (κ2) is 6.47. The van der Waals surface area contributed by atoms with Crippen LogP contribution in [0.1, 0.15) is 12.0 Å². The molecule has 5 nitrogen and oxygen atoms in total. The van der Waals surface area contributed by atoms with Gasteiger partial charge in [0.25, 0.3) is 0 Å². The first-order valence-corrected chi connectivity index (χ1v) is 7.40. The molecular weight excluding hydrogens is 278 g/mol. The number of ether oxygens (including phenoxy) is 1. The average Bonchev–Trinajstić information content (AvgIpc) is 2.99. The zero-order valence-electron chi connectivity index (χ0n) is 12.5. The number of hydrogen-bond acceptors (Lipinski definition) is 3. The van der Waals surface area contributed by atoms with Crippen molar-refractivity contribution in [3.05, 3.63) is 54.4 Å². The number of para-hydroxylation sites is 1. The number of carbonyl (C=O) groups excluding carboxylic acids is 1. The molecule has 0 aliphatic carbocycles. The van der Waals surface area contributed by atoms with Gasteiger partial charge in [0, 0.05) is 31.0 Å². The van der Waals surface area contributed by atoms with Crippen molar-refractivity contribution < 1.29 is 9.53 Å². The standard InChI is InChI=1S/C17H19N3O2/c1-13-4-2-3-5-16(13)19-17(21)20-11-8-15(12-20)22-14-6-9-18-10-7-14/h2-7,9-10,15H,8,11-12H2,1H3,(H,19,21)/t15-/m0/s1. The normalized spacial score (nSPS) is 17.3. The summed E-state index contributed by atoms with van der Waals surface area (Å²) in [4.78, 5) is 18.1. The number of benzene rings is 1. The minimum atomic E-state index is -0.0740. The summed E-state index contributed by atoms with van der Waals surface area (Å²) in [6.45, 7) is 3.28. The van der Waals surface area contributed by atoms with Gasteiger partial charge in [-0.2, -0.15) is 0 Å². The van der Waals surface area contributed by atoms with Crippen LogP contribution in [0.4, 0.5) is 10.5 Å². The van der Waals surface area contributed by atoms with Crippen molar-refractivity contribution in [3.8, 4) is 5.75 Å². The molecule has 22 heavy (non-hydrogen) atoms. The smallest absolute Gasteiger partial charge is 0.321 e. The van der Waals surface area contributed by atoms with Gasteiger partial charge in [0.1, 0.15) is 11.9 Å². The minimum absolute atomic E-state index is 0.0324. The number of amides is 2. The topological polar surface area (TPSA) is 54.5 Å². The molecule has 5 heteroatoms. The highest BCUT2D eigenvalue weighted by Crippen LogP contribution is 2.19. The third kappa shape index (κ3) is 3.36. The largest absolute Gasteiger partial charge is 0.488 e. The molecule has 2 aromatic rings. The van der Waals surface area contributed by atoms with Gasteiger partial charge >= 0.3 is 6.03 Å². The maximum absolute atomic E-state index is 12.3. The summed E-state index contributed by atoms with van der Waals surface area (Å²) in [6.07, 6.45) is 4.27. The van der Waals surface area contributed by atoms with Crippen molar-refractivity contribution in [1.29, 1.82) is 0 Å². The molecule has 1 aromatic heterocycles. The van der Waals surface area contributed by atoms with Crippen LogP contribution in [0.2, 0.25) is 0 Å². The van der Waals surface area contributed by atoms with Crippen molar-refractivity contribution in [2.24, 2.45) is 0 Å². The molecule has 1 aliphatic heterocycles. The van der Waals surface area contributed by atoms with Crippen LogP contribution in [0.15, 0.2) is 48.8 Å². The fourth-order valence-electron chi connectivity index (χ4n) is 2.53. The predicted octanol–water partition coefficient (Wildman–Crippen LogP) is 3.08. The average molecular weight is 297 g/mol. The van der Waals surface area contributed by atoms with Crippen LogP contribution in [0, 0.1) is 6.92 Å². The number of nitrogens with zero attached hydrogens (tertiary/aromatic N) is 2. The Balaban J connectivity index is 1.56. The van der Waals surface area contributed by atoms with Gasteiger partial charge in [0.05, 0.1) is 6.54 Å². The Morgan fingerprint density at radius 3 is 2.82 bits per heavy atom. The van der Waals surface area contributed by atoms with E-state index in [2.05, 4.69) is 10.3 Å². The van der Waals surface area contributed by atoms with Crippen LogP contribution in [-0.4, -0.2) is 35.1 Å². The van der Waals surface area contributed by atoms with Gasteiger partial charge in [-0.1, -0.05) is 18.2 Å². The Morgan fingerprint density at radius 2 is 2.05 bits per heavy atom. The van der Waals surface area contributed by atoms with Gasteiger partial charge in [-0.05, 0) is 30.7 Å². The van der Waals surface area contributed by atoms with Crippen LogP contribution >= 0.6 is 0 Å². The van der Waals surface area contributed by atoms with E-state index in [1.165, 1.54) is 0 Å². The number of nitrogens with one attached hydrogen (secondary N) is 1. The van der Waals surface area contributed by atoms with Gasteiger partial charge in [0.2, 0.25) is 0 Å². The molecule has 0 spiro atoms. The molecule has 1 saturated heterocycles. The number of carbonyl (C=O) groups is 1. The van der Waals surface area contributed by atoms with Crippen molar-refractivity contribution in [1.82, 2.24) is 9.88 Å². The van der Waals surface area contributed by atoms with E-state index in [1.807, 2.05) is 43.3 Å². The SMILES string of the molecule is Cc1ccccc1NC(=O)N1CC[C@H](Oc2ccncc2)C1. The number of rotatable bonds is 3. The molecular formula is C17H19N3O2. The van der Waals surface area contributed by atoms with Crippen LogP contribution in [-0.2, 0) is 0 Å². The van der Waals surface area contributed by atoms with E-state index in [1.54, 1.807) is 17.3 Å². The Hall–Kier alpha value is -2.56. The fraction of sp³-hybridized carbons (Fsp3) is 0.294. The molecule has 2 heterocycles. The summed E-state index contributed by atoms with van der Waals surface area (Å²) >= 11 is 0. The van der Waals surface area contributed by atoms with Crippen LogP contribution < -0.4 is 10.1 Å². The lowest BCUT2D eigenvalue weighted by Gasteiger charge is -2.18. The highest BCUT2D eigenvalue weighted by Gasteiger charge is 2.27. The Bertz CT molecular complexity index is 645. The van der Waals surface area contributed by atoms with Crippen LogP contribution in [0.25, 0.3) is 0 Å². The number of hydrogen-bond donors (Lipinski definition) is 1. The summed E-state index contributed by atoms with van der Waals surface area (Å²) < 4.78 is 5.87. The van der Waals surface area contributed by atoms with Crippen LogP contribution in [0.3, 0.4) is 0 Å². The number of pyridine rings is 1. The summed E-state index contributed by atoms with van der Waals surface area (Å²) in [5.74, 6) is 0.793. The third-order valence-electron chi connectivity index (χ3n) is 3.77. The Labute approximate surface area is 129 Å². The van der Waals surface area contributed by atoms with Crippen LogP contribution in [0.5, 0.6) is 5.75 Å². The van der Waals surface area contributed by atoms with Gasteiger partial charge in [-0.15, -0.1) is 0 Å². The molecule has 114 valence electrons. The molecule has 3 rings (SSSR count). The minimum Gasteiger partial charge on any atom is -0.488 e. The molecule has 2 amide bonds. The lowest BCUT2D eigenvalue weighted by molar-refractivity contribution is 0.194. The highest BCUT2D eigenvalue weighted by molar-refractivity contribution is 5.90. The van der Waals surface area contributed by atoms with Gasteiger partial charge in [-0.3, -0.25) is 4.98 Å². The summed E-state index contributed by atoms with van der Waals surface area (Å²) in [5.41, 5.74) is 1.91. The maximum Gasteiger partial charge on any atom is 0.321 e. The van der Waals surface area contributed by atoms with Crippen molar-refractivity contribution in [2.45, 2.75) is 19.4 Å².